The third kappa shape index (κ3) is 5.58. The minimum Gasteiger partial charge on any atom is -0.497 e. The molecular formula is C21H31NO4. The van der Waals surface area contributed by atoms with E-state index in [1.54, 1.807) is 14.2 Å². The first-order chi connectivity index (χ1) is 12.6. The molecule has 0 bridgehead atoms. The zero-order chi connectivity index (χ0) is 18.8. The number of carbonyl (C=O) groups excluding carboxylic acids is 1. The van der Waals surface area contributed by atoms with Gasteiger partial charge in [-0.3, -0.25) is 9.69 Å². The van der Waals surface area contributed by atoms with Gasteiger partial charge in [0.25, 0.3) is 0 Å². The molecular weight excluding hydrogens is 330 g/mol. The van der Waals surface area contributed by atoms with Crippen molar-refractivity contribution in [3.8, 4) is 5.75 Å². The molecule has 1 atom stereocenters. The van der Waals surface area contributed by atoms with Gasteiger partial charge in [0, 0.05) is 26.8 Å². The zero-order valence-corrected chi connectivity index (χ0v) is 16.2. The summed E-state index contributed by atoms with van der Waals surface area (Å²) in [4.78, 5) is 14.9. The van der Waals surface area contributed by atoms with E-state index in [4.69, 9.17) is 14.2 Å². The highest BCUT2D eigenvalue weighted by molar-refractivity contribution is 5.77. The molecule has 1 aromatic carbocycles. The number of piperidine rings is 1. The normalized spacial score (nSPS) is 21.0. The summed E-state index contributed by atoms with van der Waals surface area (Å²) in [5, 5.41) is 0. The highest BCUT2D eigenvalue weighted by Gasteiger charge is 2.42. The number of likely N-dealkylation sites (tertiary alicyclic amines) is 1. The average molecular weight is 361 g/mol. The quantitative estimate of drug-likeness (QED) is 0.631. The lowest BCUT2D eigenvalue weighted by Crippen LogP contribution is -2.49. The Morgan fingerprint density at radius 3 is 2.69 bits per heavy atom. The molecule has 0 N–H and O–H groups in total. The van der Waals surface area contributed by atoms with Crippen LogP contribution in [0.5, 0.6) is 5.75 Å². The van der Waals surface area contributed by atoms with Crippen LogP contribution in [0, 0.1) is 5.41 Å². The number of nitrogens with zero attached hydrogens (tertiary/aromatic N) is 1. The van der Waals surface area contributed by atoms with Crippen LogP contribution in [0.1, 0.15) is 31.7 Å². The minimum absolute atomic E-state index is 0.0825. The lowest BCUT2D eigenvalue weighted by molar-refractivity contribution is -0.160. The molecule has 1 heterocycles. The third-order valence-electron chi connectivity index (χ3n) is 4.94. The summed E-state index contributed by atoms with van der Waals surface area (Å²) in [5.74, 6) is 0.774. The number of esters is 1. The lowest BCUT2D eigenvalue weighted by atomic mass is 9.77. The fraction of sp³-hybridized carbons (Fsp3) is 0.571. The van der Waals surface area contributed by atoms with Crippen molar-refractivity contribution in [3.63, 3.8) is 0 Å². The summed E-state index contributed by atoms with van der Waals surface area (Å²) in [7, 11) is 3.34. The molecule has 2 rings (SSSR count). The van der Waals surface area contributed by atoms with Gasteiger partial charge < -0.3 is 14.2 Å². The summed E-state index contributed by atoms with van der Waals surface area (Å²) in [6.07, 6.45) is 6.84. The number of hydrogen-bond acceptors (Lipinski definition) is 5. The topological polar surface area (TPSA) is 48.0 Å². The van der Waals surface area contributed by atoms with E-state index in [-0.39, 0.29) is 5.97 Å². The molecule has 1 aromatic rings. The summed E-state index contributed by atoms with van der Waals surface area (Å²) in [6.45, 7) is 5.41. The molecule has 0 radical (unpaired) electrons. The summed E-state index contributed by atoms with van der Waals surface area (Å²) < 4.78 is 15.8. The van der Waals surface area contributed by atoms with Gasteiger partial charge in [-0.25, -0.2) is 0 Å². The fourth-order valence-corrected chi connectivity index (χ4v) is 3.49. The zero-order valence-electron chi connectivity index (χ0n) is 16.2. The Balaban J connectivity index is 1.97. The molecule has 0 aromatic heterocycles. The smallest absolute Gasteiger partial charge is 0.313 e. The molecule has 0 unspecified atom stereocenters. The van der Waals surface area contributed by atoms with Crippen molar-refractivity contribution in [1.82, 2.24) is 4.90 Å². The number of benzene rings is 1. The van der Waals surface area contributed by atoms with Crippen LogP contribution in [0.15, 0.2) is 30.3 Å². The van der Waals surface area contributed by atoms with Crippen molar-refractivity contribution in [1.29, 1.82) is 0 Å². The molecule has 5 nitrogen and oxygen atoms in total. The van der Waals surface area contributed by atoms with Gasteiger partial charge in [-0.05, 0) is 50.4 Å². The predicted molar refractivity (Wildman–Crippen MR) is 103 cm³/mol. The van der Waals surface area contributed by atoms with Gasteiger partial charge in [0.1, 0.15) is 5.75 Å². The van der Waals surface area contributed by atoms with Crippen molar-refractivity contribution in [2.75, 3.05) is 47.1 Å². The summed E-state index contributed by atoms with van der Waals surface area (Å²) in [6, 6.07) is 7.98. The maximum absolute atomic E-state index is 12.6. The van der Waals surface area contributed by atoms with E-state index in [2.05, 4.69) is 17.1 Å². The molecule has 1 saturated heterocycles. The van der Waals surface area contributed by atoms with Crippen LogP contribution in [0.2, 0.25) is 0 Å². The SMILES string of the molecule is CCOC(=O)[C@]1(CCOC)CCCN(C/C=C/c2ccc(OC)cc2)C1. The van der Waals surface area contributed by atoms with Crippen molar-refractivity contribution in [3.05, 3.63) is 35.9 Å². The highest BCUT2D eigenvalue weighted by Crippen LogP contribution is 2.35. The van der Waals surface area contributed by atoms with Crippen molar-refractivity contribution >= 4 is 12.0 Å². The van der Waals surface area contributed by atoms with Gasteiger partial charge in [0.05, 0.1) is 19.1 Å². The maximum atomic E-state index is 12.6. The second kappa shape index (κ2) is 10.3. The van der Waals surface area contributed by atoms with Crippen LogP contribution >= 0.6 is 0 Å². The van der Waals surface area contributed by atoms with Gasteiger partial charge >= 0.3 is 5.97 Å². The van der Waals surface area contributed by atoms with Crippen molar-refractivity contribution < 1.29 is 19.0 Å². The molecule has 0 amide bonds. The Hall–Kier alpha value is -1.85. The molecule has 0 spiro atoms. The largest absolute Gasteiger partial charge is 0.497 e. The second-order valence-corrected chi connectivity index (χ2v) is 6.76. The Kier molecular flexibility index (Phi) is 8.13. The summed E-state index contributed by atoms with van der Waals surface area (Å²) >= 11 is 0. The van der Waals surface area contributed by atoms with E-state index in [0.717, 1.165) is 43.8 Å². The number of methoxy groups -OCH3 is 2. The Morgan fingerprint density at radius 1 is 1.27 bits per heavy atom. The van der Waals surface area contributed by atoms with E-state index in [1.165, 1.54) is 0 Å². The fourth-order valence-electron chi connectivity index (χ4n) is 3.49. The molecule has 1 aliphatic rings. The van der Waals surface area contributed by atoms with E-state index in [0.29, 0.717) is 19.6 Å². The summed E-state index contributed by atoms with van der Waals surface area (Å²) in [5.41, 5.74) is 0.692. The van der Waals surface area contributed by atoms with Crippen LogP contribution in [0.25, 0.3) is 6.08 Å². The van der Waals surface area contributed by atoms with Crippen LogP contribution in [-0.4, -0.2) is 57.9 Å². The first-order valence-corrected chi connectivity index (χ1v) is 9.32. The second-order valence-electron chi connectivity index (χ2n) is 6.76. The first-order valence-electron chi connectivity index (χ1n) is 9.32. The Morgan fingerprint density at radius 2 is 2.04 bits per heavy atom. The van der Waals surface area contributed by atoms with E-state index >= 15 is 0 Å². The Bertz CT molecular complexity index is 584. The molecule has 0 saturated carbocycles. The van der Waals surface area contributed by atoms with Crippen LogP contribution in [0.3, 0.4) is 0 Å². The Labute approximate surface area is 156 Å². The number of hydrogen-bond donors (Lipinski definition) is 0. The van der Waals surface area contributed by atoms with Crippen LogP contribution in [0.4, 0.5) is 0 Å². The lowest BCUT2D eigenvalue weighted by Gasteiger charge is -2.40. The van der Waals surface area contributed by atoms with Gasteiger partial charge in [-0.1, -0.05) is 24.3 Å². The molecule has 1 fully saturated rings. The van der Waals surface area contributed by atoms with Crippen molar-refractivity contribution in [2.24, 2.45) is 5.41 Å². The standard InChI is InChI=1S/C21H31NO4/c1-4-26-20(23)21(13-16-24-2)12-6-15-22(17-21)14-5-7-18-8-10-19(25-3)11-9-18/h5,7-11H,4,6,12-17H2,1-3H3/b7-5+/t21-/m0/s1. The predicted octanol–water partition coefficient (Wildman–Crippen LogP) is 3.39. The van der Waals surface area contributed by atoms with Gasteiger partial charge in [0.2, 0.25) is 0 Å². The van der Waals surface area contributed by atoms with Gasteiger partial charge in [-0.2, -0.15) is 0 Å². The minimum atomic E-state index is -0.446. The van der Waals surface area contributed by atoms with E-state index < -0.39 is 5.41 Å². The highest BCUT2D eigenvalue weighted by atomic mass is 16.5. The molecule has 1 aliphatic heterocycles. The first kappa shape index (κ1) is 20.5. The third-order valence-corrected chi connectivity index (χ3v) is 4.94. The molecule has 5 heteroatoms. The van der Waals surface area contributed by atoms with Crippen LogP contribution < -0.4 is 4.74 Å². The van der Waals surface area contributed by atoms with E-state index in [1.807, 2.05) is 31.2 Å². The van der Waals surface area contributed by atoms with Crippen LogP contribution in [-0.2, 0) is 14.3 Å². The molecule has 144 valence electrons. The molecule has 26 heavy (non-hydrogen) atoms. The van der Waals surface area contributed by atoms with Gasteiger partial charge in [0.15, 0.2) is 0 Å². The number of rotatable bonds is 9. The number of carbonyl (C=O) groups is 1. The maximum Gasteiger partial charge on any atom is 0.313 e. The average Bonchev–Trinajstić information content (AvgIpc) is 2.67. The van der Waals surface area contributed by atoms with Crippen molar-refractivity contribution in [2.45, 2.75) is 26.2 Å². The number of ether oxygens (including phenoxy) is 3. The monoisotopic (exact) mass is 361 g/mol. The molecule has 0 aliphatic carbocycles. The van der Waals surface area contributed by atoms with E-state index in [9.17, 15) is 4.79 Å². The van der Waals surface area contributed by atoms with Gasteiger partial charge in [-0.15, -0.1) is 0 Å².